The van der Waals surface area contributed by atoms with Crippen molar-refractivity contribution in [2.45, 2.75) is 50.0 Å². The van der Waals surface area contributed by atoms with Crippen LogP contribution in [0, 0.1) is 11.6 Å². The van der Waals surface area contributed by atoms with E-state index in [2.05, 4.69) is 22.4 Å². The molecule has 0 unspecified atom stereocenters. The van der Waals surface area contributed by atoms with Gasteiger partial charge >= 0.3 is 0 Å². The third-order valence-electron chi connectivity index (χ3n) is 7.78. The van der Waals surface area contributed by atoms with Gasteiger partial charge in [-0.3, -0.25) is 4.79 Å². The number of benzene rings is 2. The Morgan fingerprint density at radius 1 is 1.09 bits per heavy atom. The molecular weight excluding hydrogens is 450 g/mol. The SMILES string of the molecule is CN1CCC(Oc2cc(-c3ccnn3-c3ccc(F)cc3F)cc3c2NC(=O)C32CCCC2)CC1. The van der Waals surface area contributed by atoms with Crippen molar-refractivity contribution in [1.29, 1.82) is 0 Å². The Morgan fingerprint density at radius 3 is 2.60 bits per heavy atom. The Labute approximate surface area is 202 Å². The van der Waals surface area contributed by atoms with E-state index in [9.17, 15) is 13.6 Å². The zero-order valence-electron chi connectivity index (χ0n) is 19.7. The number of piperidine rings is 1. The molecule has 3 aromatic rings. The van der Waals surface area contributed by atoms with Crippen molar-refractivity contribution in [2.75, 3.05) is 25.5 Å². The average molecular weight is 479 g/mol. The lowest BCUT2D eigenvalue weighted by molar-refractivity contribution is -0.120. The summed E-state index contributed by atoms with van der Waals surface area (Å²) < 4.78 is 36.2. The molecule has 6 nitrogen and oxygen atoms in total. The first-order valence-corrected chi connectivity index (χ1v) is 12.3. The van der Waals surface area contributed by atoms with Crippen molar-refractivity contribution in [3.8, 4) is 22.7 Å². The van der Waals surface area contributed by atoms with Gasteiger partial charge in [-0.1, -0.05) is 12.8 Å². The molecular formula is C27H28F2N4O2. The third kappa shape index (κ3) is 3.71. The minimum Gasteiger partial charge on any atom is -0.488 e. The number of anilines is 1. The number of nitrogens with zero attached hydrogens (tertiary/aromatic N) is 3. The number of aromatic nitrogens is 2. The largest absolute Gasteiger partial charge is 0.488 e. The standard InChI is InChI=1S/C27H28F2N4O2/c1-32-12-7-19(8-13-32)35-24-15-17(14-20-25(24)31-26(34)27(20)9-2-3-10-27)22-6-11-30-33(22)23-5-4-18(28)16-21(23)29/h4-6,11,14-16,19H,2-3,7-10,12-13H2,1H3,(H,31,34). The highest BCUT2D eigenvalue weighted by molar-refractivity contribution is 6.08. The molecule has 3 heterocycles. The number of carbonyl (C=O) groups excluding carboxylic acids is 1. The van der Waals surface area contributed by atoms with Gasteiger partial charge in [-0.25, -0.2) is 13.5 Å². The number of hydrogen-bond acceptors (Lipinski definition) is 4. The number of halogens is 2. The molecule has 2 fully saturated rings. The van der Waals surface area contributed by atoms with Crippen LogP contribution in [0.5, 0.6) is 5.75 Å². The number of likely N-dealkylation sites (tertiary alicyclic amines) is 1. The molecule has 182 valence electrons. The number of amides is 1. The van der Waals surface area contributed by atoms with E-state index in [1.54, 1.807) is 12.3 Å². The van der Waals surface area contributed by atoms with Crippen molar-refractivity contribution < 1.29 is 18.3 Å². The number of rotatable bonds is 4. The summed E-state index contributed by atoms with van der Waals surface area (Å²) in [6.45, 7) is 1.92. The summed E-state index contributed by atoms with van der Waals surface area (Å²) in [5.74, 6) is -0.646. The van der Waals surface area contributed by atoms with E-state index in [0.29, 0.717) is 11.4 Å². The summed E-state index contributed by atoms with van der Waals surface area (Å²) in [5, 5.41) is 7.46. The number of ether oxygens (including phenoxy) is 1. The highest BCUT2D eigenvalue weighted by Gasteiger charge is 2.50. The van der Waals surface area contributed by atoms with Crippen molar-refractivity contribution in [3.63, 3.8) is 0 Å². The van der Waals surface area contributed by atoms with Gasteiger partial charge in [0.25, 0.3) is 0 Å². The molecule has 3 aliphatic rings. The molecule has 35 heavy (non-hydrogen) atoms. The predicted octanol–water partition coefficient (Wildman–Crippen LogP) is 5.05. The fraction of sp³-hybridized carbons (Fsp3) is 0.407. The zero-order valence-corrected chi connectivity index (χ0v) is 19.7. The third-order valence-corrected chi connectivity index (χ3v) is 7.78. The smallest absolute Gasteiger partial charge is 0.235 e. The Balaban J connectivity index is 1.47. The van der Waals surface area contributed by atoms with Gasteiger partial charge in [0.1, 0.15) is 23.4 Å². The maximum absolute atomic E-state index is 14.7. The molecule has 0 atom stereocenters. The first-order chi connectivity index (χ1) is 16.9. The van der Waals surface area contributed by atoms with E-state index in [-0.39, 0.29) is 17.7 Å². The quantitative estimate of drug-likeness (QED) is 0.570. The highest BCUT2D eigenvalue weighted by atomic mass is 19.1. The van der Waals surface area contributed by atoms with Gasteiger partial charge in [0, 0.05) is 24.7 Å². The molecule has 2 aliphatic heterocycles. The molecule has 1 aliphatic carbocycles. The number of carbonyl (C=O) groups is 1. The first kappa shape index (κ1) is 22.2. The van der Waals surface area contributed by atoms with Gasteiger partial charge in [0.15, 0.2) is 5.82 Å². The van der Waals surface area contributed by atoms with Gasteiger partial charge in [-0.2, -0.15) is 5.10 Å². The first-order valence-electron chi connectivity index (χ1n) is 12.3. The second-order valence-electron chi connectivity index (χ2n) is 9.98. The Kier molecular flexibility index (Phi) is 5.36. The minimum atomic E-state index is -0.692. The molecule has 1 aromatic heterocycles. The second-order valence-corrected chi connectivity index (χ2v) is 9.98. The summed E-state index contributed by atoms with van der Waals surface area (Å²) in [6.07, 6.45) is 7.08. The van der Waals surface area contributed by atoms with Crippen LogP contribution in [0.2, 0.25) is 0 Å². The summed E-state index contributed by atoms with van der Waals surface area (Å²) in [5.41, 5.74) is 2.76. The van der Waals surface area contributed by atoms with Crippen LogP contribution >= 0.6 is 0 Å². The molecule has 2 aromatic carbocycles. The van der Waals surface area contributed by atoms with Gasteiger partial charge in [-0.05, 0) is 68.6 Å². The van der Waals surface area contributed by atoms with E-state index in [4.69, 9.17) is 4.74 Å². The van der Waals surface area contributed by atoms with Gasteiger partial charge in [0.2, 0.25) is 5.91 Å². The average Bonchev–Trinajstić information content (AvgIpc) is 3.57. The molecule has 1 spiro atoms. The van der Waals surface area contributed by atoms with E-state index in [1.165, 1.54) is 16.8 Å². The molecule has 1 saturated heterocycles. The number of fused-ring (bicyclic) bond motifs is 2. The van der Waals surface area contributed by atoms with Gasteiger partial charge in [-0.15, -0.1) is 0 Å². The van der Waals surface area contributed by atoms with Crippen molar-refractivity contribution in [2.24, 2.45) is 0 Å². The van der Waals surface area contributed by atoms with E-state index in [1.807, 2.05) is 12.1 Å². The lowest BCUT2D eigenvalue weighted by atomic mass is 9.79. The molecule has 6 rings (SSSR count). The van der Waals surface area contributed by atoms with Crippen LogP contribution in [0.15, 0.2) is 42.6 Å². The van der Waals surface area contributed by atoms with Crippen molar-refractivity contribution in [1.82, 2.24) is 14.7 Å². The maximum atomic E-state index is 14.7. The van der Waals surface area contributed by atoms with Crippen molar-refractivity contribution >= 4 is 11.6 Å². The van der Waals surface area contributed by atoms with Crippen LogP contribution < -0.4 is 10.1 Å². The normalized spacial score (nSPS) is 19.8. The minimum absolute atomic E-state index is 0.0356. The van der Waals surface area contributed by atoms with Gasteiger partial charge in [0.05, 0.1) is 23.0 Å². The summed E-state index contributed by atoms with van der Waals surface area (Å²) in [6, 6.07) is 9.20. The van der Waals surface area contributed by atoms with Gasteiger partial charge < -0.3 is 15.0 Å². The topological polar surface area (TPSA) is 59.4 Å². The summed E-state index contributed by atoms with van der Waals surface area (Å²) in [7, 11) is 2.11. The molecule has 1 saturated carbocycles. The Hall–Kier alpha value is -3.26. The molecule has 8 heteroatoms. The predicted molar refractivity (Wildman–Crippen MR) is 129 cm³/mol. The lowest BCUT2D eigenvalue weighted by Crippen LogP contribution is -2.35. The maximum Gasteiger partial charge on any atom is 0.235 e. The summed E-state index contributed by atoms with van der Waals surface area (Å²) >= 11 is 0. The Bertz CT molecular complexity index is 1290. The lowest BCUT2D eigenvalue weighted by Gasteiger charge is -2.30. The summed E-state index contributed by atoms with van der Waals surface area (Å²) in [4.78, 5) is 15.5. The molecule has 0 radical (unpaired) electrons. The van der Waals surface area contributed by atoms with Crippen LogP contribution in [-0.2, 0) is 10.2 Å². The monoisotopic (exact) mass is 478 g/mol. The fourth-order valence-electron chi connectivity index (χ4n) is 5.84. The van der Waals surface area contributed by atoms with Crippen LogP contribution in [0.1, 0.15) is 44.1 Å². The molecule has 1 amide bonds. The molecule has 0 bridgehead atoms. The fourth-order valence-corrected chi connectivity index (χ4v) is 5.84. The van der Waals surface area contributed by atoms with Crippen molar-refractivity contribution in [3.05, 3.63) is 59.8 Å². The number of hydrogen-bond donors (Lipinski definition) is 1. The zero-order chi connectivity index (χ0) is 24.2. The second kappa shape index (κ2) is 8.45. The van der Waals surface area contributed by atoms with E-state index >= 15 is 0 Å². The van der Waals surface area contributed by atoms with E-state index < -0.39 is 17.0 Å². The Morgan fingerprint density at radius 2 is 1.86 bits per heavy atom. The van der Waals surface area contributed by atoms with E-state index in [0.717, 1.165) is 74.5 Å². The molecule has 1 N–H and O–H groups in total. The van der Waals surface area contributed by atoms with Crippen LogP contribution in [0.25, 0.3) is 16.9 Å². The van der Waals surface area contributed by atoms with Crippen LogP contribution in [0.3, 0.4) is 0 Å². The van der Waals surface area contributed by atoms with Crippen LogP contribution in [-0.4, -0.2) is 46.8 Å². The highest BCUT2D eigenvalue weighted by Crippen LogP contribution is 2.53. The van der Waals surface area contributed by atoms with Crippen LogP contribution in [0.4, 0.5) is 14.5 Å². The number of nitrogens with one attached hydrogen (secondary N) is 1.